The average molecular weight is 284 g/mol. The van der Waals surface area contributed by atoms with E-state index in [-0.39, 0.29) is 12.1 Å². The SMILES string of the molecule is O=C(NCCN1CCOC1=O)Nc1cccc(Cl)c1. The van der Waals surface area contributed by atoms with Gasteiger partial charge in [0.15, 0.2) is 0 Å². The molecule has 0 spiro atoms. The number of carbonyl (C=O) groups excluding carboxylic acids is 2. The highest BCUT2D eigenvalue weighted by molar-refractivity contribution is 6.30. The third-order valence-corrected chi connectivity index (χ3v) is 2.83. The molecule has 102 valence electrons. The van der Waals surface area contributed by atoms with E-state index in [0.29, 0.717) is 37.0 Å². The smallest absolute Gasteiger partial charge is 0.409 e. The van der Waals surface area contributed by atoms with Gasteiger partial charge < -0.3 is 20.3 Å². The van der Waals surface area contributed by atoms with Gasteiger partial charge in [0.1, 0.15) is 6.61 Å². The Morgan fingerprint density at radius 1 is 1.47 bits per heavy atom. The van der Waals surface area contributed by atoms with Crippen LogP contribution in [0.1, 0.15) is 0 Å². The second-order valence-corrected chi connectivity index (χ2v) is 4.43. The van der Waals surface area contributed by atoms with Crippen LogP contribution in [-0.2, 0) is 4.74 Å². The van der Waals surface area contributed by atoms with E-state index in [0.717, 1.165) is 0 Å². The molecule has 0 aliphatic carbocycles. The van der Waals surface area contributed by atoms with Gasteiger partial charge in [-0.2, -0.15) is 0 Å². The van der Waals surface area contributed by atoms with Crippen molar-refractivity contribution in [3.8, 4) is 0 Å². The lowest BCUT2D eigenvalue weighted by Gasteiger charge is -2.13. The monoisotopic (exact) mass is 283 g/mol. The van der Waals surface area contributed by atoms with E-state index >= 15 is 0 Å². The Morgan fingerprint density at radius 3 is 3.00 bits per heavy atom. The fourth-order valence-electron chi connectivity index (χ4n) is 1.67. The zero-order chi connectivity index (χ0) is 13.7. The Labute approximate surface area is 115 Å². The van der Waals surface area contributed by atoms with Crippen molar-refractivity contribution in [2.24, 2.45) is 0 Å². The summed E-state index contributed by atoms with van der Waals surface area (Å²) in [6.45, 7) is 1.77. The number of nitrogens with zero attached hydrogens (tertiary/aromatic N) is 1. The molecule has 6 nitrogen and oxygen atoms in total. The summed E-state index contributed by atoms with van der Waals surface area (Å²) in [5.41, 5.74) is 0.616. The number of hydrogen-bond donors (Lipinski definition) is 2. The number of anilines is 1. The van der Waals surface area contributed by atoms with Gasteiger partial charge in [-0.15, -0.1) is 0 Å². The molecular weight excluding hydrogens is 270 g/mol. The summed E-state index contributed by atoms with van der Waals surface area (Å²) in [5.74, 6) is 0. The topological polar surface area (TPSA) is 70.7 Å². The van der Waals surface area contributed by atoms with Gasteiger partial charge in [-0.3, -0.25) is 0 Å². The van der Waals surface area contributed by atoms with Crippen molar-refractivity contribution in [1.29, 1.82) is 0 Å². The van der Waals surface area contributed by atoms with E-state index in [9.17, 15) is 9.59 Å². The number of rotatable bonds is 4. The molecule has 1 aliphatic rings. The first-order chi connectivity index (χ1) is 9.15. The molecule has 1 aliphatic heterocycles. The van der Waals surface area contributed by atoms with Crippen molar-refractivity contribution in [2.75, 3.05) is 31.6 Å². The normalized spacial score (nSPS) is 14.2. The Morgan fingerprint density at radius 2 is 2.32 bits per heavy atom. The minimum Gasteiger partial charge on any atom is -0.448 e. The Hall–Kier alpha value is -1.95. The van der Waals surface area contributed by atoms with Crippen LogP contribution < -0.4 is 10.6 Å². The number of amides is 3. The number of halogens is 1. The summed E-state index contributed by atoms with van der Waals surface area (Å²) in [4.78, 5) is 24.3. The molecule has 1 saturated heterocycles. The largest absolute Gasteiger partial charge is 0.448 e. The molecule has 0 radical (unpaired) electrons. The Kier molecular flexibility index (Phi) is 4.46. The van der Waals surface area contributed by atoms with Crippen LogP contribution in [0, 0.1) is 0 Å². The van der Waals surface area contributed by atoms with Gasteiger partial charge in [0.05, 0.1) is 6.54 Å². The number of urea groups is 1. The van der Waals surface area contributed by atoms with Crippen LogP contribution in [-0.4, -0.2) is 43.3 Å². The van der Waals surface area contributed by atoms with Crippen LogP contribution in [0.2, 0.25) is 5.02 Å². The maximum Gasteiger partial charge on any atom is 0.409 e. The van der Waals surface area contributed by atoms with E-state index in [2.05, 4.69) is 10.6 Å². The Balaban J connectivity index is 1.71. The molecule has 1 fully saturated rings. The highest BCUT2D eigenvalue weighted by Gasteiger charge is 2.21. The summed E-state index contributed by atoms with van der Waals surface area (Å²) in [6, 6.07) is 6.53. The molecule has 1 aromatic carbocycles. The minimum absolute atomic E-state index is 0.336. The molecule has 0 bridgehead atoms. The fourth-order valence-corrected chi connectivity index (χ4v) is 1.87. The summed E-state index contributed by atoms with van der Waals surface area (Å²) in [6.07, 6.45) is -0.336. The molecule has 3 amide bonds. The lowest BCUT2D eigenvalue weighted by molar-refractivity contribution is 0.158. The second kappa shape index (κ2) is 6.29. The first-order valence-electron chi connectivity index (χ1n) is 5.87. The summed E-state index contributed by atoms with van der Waals surface area (Å²) < 4.78 is 4.78. The zero-order valence-corrected chi connectivity index (χ0v) is 10.9. The van der Waals surface area contributed by atoms with E-state index in [1.54, 1.807) is 29.2 Å². The maximum atomic E-state index is 11.6. The van der Waals surface area contributed by atoms with Gasteiger partial charge in [-0.25, -0.2) is 9.59 Å². The number of ether oxygens (including phenoxy) is 1. The van der Waals surface area contributed by atoms with Gasteiger partial charge in [-0.05, 0) is 18.2 Å². The van der Waals surface area contributed by atoms with Gasteiger partial charge in [0.2, 0.25) is 0 Å². The fraction of sp³-hybridized carbons (Fsp3) is 0.333. The van der Waals surface area contributed by atoms with Crippen molar-refractivity contribution in [2.45, 2.75) is 0 Å². The van der Waals surface area contributed by atoms with Crippen molar-refractivity contribution in [1.82, 2.24) is 10.2 Å². The quantitative estimate of drug-likeness (QED) is 0.887. The highest BCUT2D eigenvalue weighted by Crippen LogP contribution is 2.14. The van der Waals surface area contributed by atoms with E-state index < -0.39 is 0 Å². The number of carbonyl (C=O) groups is 2. The lowest BCUT2D eigenvalue weighted by atomic mass is 10.3. The van der Waals surface area contributed by atoms with Gasteiger partial charge >= 0.3 is 12.1 Å². The van der Waals surface area contributed by atoms with Crippen LogP contribution in [0.3, 0.4) is 0 Å². The average Bonchev–Trinajstić information content (AvgIpc) is 2.75. The molecule has 1 aromatic rings. The van der Waals surface area contributed by atoms with Crippen LogP contribution in [0.5, 0.6) is 0 Å². The van der Waals surface area contributed by atoms with Gasteiger partial charge in [0, 0.05) is 23.8 Å². The number of benzene rings is 1. The molecule has 0 unspecified atom stereocenters. The molecule has 7 heteroatoms. The molecule has 2 N–H and O–H groups in total. The van der Waals surface area contributed by atoms with E-state index in [1.807, 2.05) is 0 Å². The van der Waals surface area contributed by atoms with Crippen molar-refractivity contribution < 1.29 is 14.3 Å². The standard InChI is InChI=1S/C12H14ClN3O3/c13-9-2-1-3-10(8-9)15-11(17)14-4-5-16-6-7-19-12(16)18/h1-3,8H,4-7H2,(H2,14,15,17). The first-order valence-corrected chi connectivity index (χ1v) is 6.25. The number of nitrogens with one attached hydrogen (secondary N) is 2. The van der Waals surface area contributed by atoms with Gasteiger partial charge in [0.25, 0.3) is 0 Å². The first kappa shape index (κ1) is 13.5. The van der Waals surface area contributed by atoms with Crippen molar-refractivity contribution >= 4 is 29.4 Å². The third kappa shape index (κ3) is 4.03. The molecule has 19 heavy (non-hydrogen) atoms. The van der Waals surface area contributed by atoms with E-state index in [4.69, 9.17) is 16.3 Å². The maximum absolute atomic E-state index is 11.6. The molecule has 0 atom stereocenters. The summed E-state index contributed by atoms with van der Waals surface area (Å²) >= 11 is 5.81. The number of cyclic esters (lactones) is 1. The van der Waals surface area contributed by atoms with Crippen molar-refractivity contribution in [3.05, 3.63) is 29.3 Å². The lowest BCUT2D eigenvalue weighted by Crippen LogP contribution is -2.37. The minimum atomic E-state index is -0.338. The molecule has 1 heterocycles. The van der Waals surface area contributed by atoms with Crippen LogP contribution in [0.15, 0.2) is 24.3 Å². The predicted octanol–water partition coefficient (Wildman–Crippen LogP) is 1.91. The van der Waals surface area contributed by atoms with Crippen molar-refractivity contribution in [3.63, 3.8) is 0 Å². The molecular formula is C12H14ClN3O3. The molecule has 2 rings (SSSR count). The van der Waals surface area contributed by atoms with E-state index in [1.165, 1.54) is 0 Å². The third-order valence-electron chi connectivity index (χ3n) is 2.59. The second-order valence-electron chi connectivity index (χ2n) is 3.99. The van der Waals surface area contributed by atoms with Crippen LogP contribution in [0.25, 0.3) is 0 Å². The highest BCUT2D eigenvalue weighted by atomic mass is 35.5. The summed E-state index contributed by atoms with van der Waals surface area (Å²) in [7, 11) is 0. The summed E-state index contributed by atoms with van der Waals surface area (Å²) in [5, 5.41) is 5.86. The molecule has 0 aromatic heterocycles. The van der Waals surface area contributed by atoms with Crippen LogP contribution in [0.4, 0.5) is 15.3 Å². The number of hydrogen-bond acceptors (Lipinski definition) is 3. The van der Waals surface area contributed by atoms with Crippen LogP contribution >= 0.6 is 11.6 Å². The van der Waals surface area contributed by atoms with Gasteiger partial charge in [-0.1, -0.05) is 17.7 Å². The molecule has 0 saturated carbocycles. The Bertz CT molecular complexity index is 481. The zero-order valence-electron chi connectivity index (χ0n) is 10.2. The predicted molar refractivity (Wildman–Crippen MR) is 71.4 cm³/mol.